The molecule has 37 heavy (non-hydrogen) atoms. The third kappa shape index (κ3) is 9.19. The lowest BCUT2D eigenvalue weighted by atomic mass is 10.2. The highest BCUT2D eigenvalue weighted by molar-refractivity contribution is 7.87. The Kier molecular flexibility index (Phi) is 11.2. The minimum absolute atomic E-state index is 0.0170. The van der Waals surface area contributed by atoms with Crippen molar-refractivity contribution in [2.45, 2.75) is 19.6 Å². The van der Waals surface area contributed by atoms with Crippen molar-refractivity contribution in [2.75, 3.05) is 40.1 Å². The second kappa shape index (κ2) is 13.6. The van der Waals surface area contributed by atoms with Crippen molar-refractivity contribution in [3.05, 3.63) is 46.6 Å². The maximum Gasteiger partial charge on any atom is 0.422 e. The summed E-state index contributed by atoms with van der Waals surface area (Å²) in [6.45, 7) is 1.54. The topological polar surface area (TPSA) is 137 Å². The number of alkyl halides is 3. The summed E-state index contributed by atoms with van der Waals surface area (Å²) in [5.74, 6) is -0.359. The summed E-state index contributed by atoms with van der Waals surface area (Å²) in [4.78, 5) is 15.4. The molecule has 0 unspecified atom stereocenters. The second-order valence-electron chi connectivity index (χ2n) is 7.11. The third-order valence-electron chi connectivity index (χ3n) is 4.49. The molecule has 16 heteroatoms. The Morgan fingerprint density at radius 2 is 1.95 bits per heavy atom. The first kappa shape index (κ1) is 30.4. The average molecular weight is 572 g/mol. The molecule has 2 rings (SSSR count). The zero-order valence-electron chi connectivity index (χ0n) is 19.7. The predicted molar refractivity (Wildman–Crippen MR) is 125 cm³/mol. The van der Waals surface area contributed by atoms with Gasteiger partial charge in [-0.3, -0.25) is 0 Å². The van der Waals surface area contributed by atoms with E-state index in [1.54, 1.807) is 6.92 Å². The molecule has 0 radical (unpaired) electrons. The van der Waals surface area contributed by atoms with Crippen molar-refractivity contribution < 1.29 is 50.4 Å². The van der Waals surface area contributed by atoms with Gasteiger partial charge in [-0.25, -0.2) is 9.78 Å². The highest BCUT2D eigenvalue weighted by Gasteiger charge is 2.32. The van der Waals surface area contributed by atoms with Crippen LogP contribution in [0, 0.1) is 0 Å². The van der Waals surface area contributed by atoms with Gasteiger partial charge in [-0.05, 0) is 25.1 Å². The fourth-order valence-corrected chi connectivity index (χ4v) is 3.94. The van der Waals surface area contributed by atoms with E-state index >= 15 is 0 Å². The number of aromatic nitrogens is 1. The summed E-state index contributed by atoms with van der Waals surface area (Å²) in [7, 11) is -3.05. The Morgan fingerprint density at radius 1 is 1.22 bits per heavy atom. The van der Waals surface area contributed by atoms with Crippen LogP contribution in [0.25, 0.3) is 0 Å². The molecule has 0 aliphatic rings. The van der Waals surface area contributed by atoms with E-state index in [-0.39, 0.29) is 47.7 Å². The molecular weight excluding hydrogens is 547 g/mol. The molecule has 0 aliphatic carbocycles. The molecule has 0 saturated heterocycles. The summed E-state index contributed by atoms with van der Waals surface area (Å²) in [5, 5.41) is 9.08. The lowest BCUT2D eigenvalue weighted by Gasteiger charge is -2.21. The van der Waals surface area contributed by atoms with Crippen LogP contribution in [0.5, 0.6) is 17.4 Å². The van der Waals surface area contributed by atoms with Gasteiger partial charge in [-0.2, -0.15) is 30.6 Å². The van der Waals surface area contributed by atoms with Crippen LogP contribution in [0.3, 0.4) is 0 Å². The Labute approximate surface area is 216 Å². The van der Waals surface area contributed by atoms with Crippen LogP contribution in [-0.4, -0.2) is 69.0 Å². The van der Waals surface area contributed by atoms with E-state index in [0.29, 0.717) is 18.9 Å². The van der Waals surface area contributed by atoms with E-state index < -0.39 is 45.5 Å². The number of rotatable bonds is 14. The van der Waals surface area contributed by atoms with E-state index in [1.165, 1.54) is 25.3 Å². The molecule has 11 nitrogen and oxygen atoms in total. The van der Waals surface area contributed by atoms with Gasteiger partial charge in [0, 0.05) is 38.1 Å². The first-order valence-corrected chi connectivity index (χ1v) is 12.4. The summed E-state index contributed by atoms with van der Waals surface area (Å²) in [6.07, 6.45) is -5.97. The second-order valence-corrected chi connectivity index (χ2v) is 9.19. The SMILES string of the molecule is CCOCCNS(=O)(=O)N(Cc1ccc(OCCOC)cc1Oc1ncc(C(F)(F)F)cc1Cl)C(=O)O. The molecule has 1 amide bonds. The van der Waals surface area contributed by atoms with Gasteiger partial charge in [-0.15, -0.1) is 0 Å². The van der Waals surface area contributed by atoms with Gasteiger partial charge in [0.15, 0.2) is 0 Å². The van der Waals surface area contributed by atoms with Gasteiger partial charge in [0.05, 0.1) is 25.3 Å². The van der Waals surface area contributed by atoms with Crippen LogP contribution in [-0.2, 0) is 32.4 Å². The summed E-state index contributed by atoms with van der Waals surface area (Å²) in [5.41, 5.74) is -1.09. The highest BCUT2D eigenvalue weighted by Crippen LogP contribution is 2.36. The molecule has 2 aromatic rings. The fourth-order valence-electron chi connectivity index (χ4n) is 2.73. The number of hydrogen-bond acceptors (Lipinski definition) is 8. The Hall–Kier alpha value is -2.85. The average Bonchev–Trinajstić information content (AvgIpc) is 2.81. The number of ether oxygens (including phenoxy) is 4. The number of hydrogen-bond donors (Lipinski definition) is 2. The van der Waals surface area contributed by atoms with Gasteiger partial charge >= 0.3 is 22.5 Å². The first-order chi connectivity index (χ1) is 17.4. The van der Waals surface area contributed by atoms with Crippen molar-refractivity contribution in [3.63, 3.8) is 0 Å². The molecule has 0 atom stereocenters. The Morgan fingerprint density at radius 3 is 2.54 bits per heavy atom. The molecule has 0 saturated carbocycles. The number of nitrogens with one attached hydrogen (secondary N) is 1. The molecule has 0 bridgehead atoms. The minimum atomic E-state index is -4.69. The van der Waals surface area contributed by atoms with Crippen LogP contribution in [0.1, 0.15) is 18.1 Å². The van der Waals surface area contributed by atoms with Crippen LogP contribution in [0.2, 0.25) is 5.02 Å². The molecule has 206 valence electrons. The van der Waals surface area contributed by atoms with Crippen molar-refractivity contribution in [1.29, 1.82) is 0 Å². The number of pyridine rings is 1. The number of amides is 1. The van der Waals surface area contributed by atoms with Gasteiger partial charge in [-0.1, -0.05) is 11.6 Å². The normalized spacial score (nSPS) is 11.8. The van der Waals surface area contributed by atoms with Crippen molar-refractivity contribution >= 4 is 27.9 Å². The van der Waals surface area contributed by atoms with Crippen LogP contribution < -0.4 is 14.2 Å². The standard InChI is InChI=1S/C21H25ClF3N3O8S/c1-3-34-7-6-27-37(31,32)28(20(29)30)13-14-4-5-16(35-9-8-33-2)11-18(14)36-19-17(22)10-15(12-26-19)21(23,24)25/h4-5,10-12,27H,3,6-9,13H2,1-2H3,(H,29,30). The predicted octanol–water partition coefficient (Wildman–Crippen LogP) is 3.92. The summed E-state index contributed by atoms with van der Waals surface area (Å²) < 4.78 is 87.3. The largest absolute Gasteiger partial charge is 0.491 e. The van der Waals surface area contributed by atoms with E-state index in [1.807, 2.05) is 0 Å². The molecular formula is C21H25ClF3N3O8S. The number of carbonyl (C=O) groups is 1. The molecule has 0 aliphatic heterocycles. The number of nitrogens with zero attached hydrogens (tertiary/aromatic N) is 2. The Balaban J connectivity index is 2.40. The number of halogens is 4. The smallest absolute Gasteiger partial charge is 0.422 e. The molecule has 2 N–H and O–H groups in total. The lowest BCUT2D eigenvalue weighted by molar-refractivity contribution is -0.137. The van der Waals surface area contributed by atoms with E-state index in [4.69, 9.17) is 30.5 Å². The zero-order chi connectivity index (χ0) is 27.6. The monoisotopic (exact) mass is 571 g/mol. The van der Waals surface area contributed by atoms with Gasteiger partial charge in [0.1, 0.15) is 23.1 Å². The van der Waals surface area contributed by atoms with Crippen LogP contribution in [0.4, 0.5) is 18.0 Å². The third-order valence-corrected chi connectivity index (χ3v) is 6.19. The van der Waals surface area contributed by atoms with Crippen molar-refractivity contribution in [3.8, 4) is 17.4 Å². The number of benzene rings is 1. The van der Waals surface area contributed by atoms with Gasteiger partial charge < -0.3 is 24.1 Å². The summed E-state index contributed by atoms with van der Waals surface area (Å²) >= 11 is 5.93. The lowest BCUT2D eigenvalue weighted by Crippen LogP contribution is -2.44. The van der Waals surface area contributed by atoms with Gasteiger partial charge in [0.25, 0.3) is 0 Å². The number of carboxylic acid groups (broad SMARTS) is 1. The minimum Gasteiger partial charge on any atom is -0.491 e. The van der Waals surface area contributed by atoms with Crippen molar-refractivity contribution in [2.24, 2.45) is 0 Å². The van der Waals surface area contributed by atoms with Gasteiger partial charge in [0.2, 0.25) is 5.88 Å². The number of methoxy groups -OCH3 is 1. The van der Waals surface area contributed by atoms with Crippen LogP contribution in [0.15, 0.2) is 30.5 Å². The maximum atomic E-state index is 13.0. The Bertz CT molecular complexity index is 1170. The van der Waals surface area contributed by atoms with E-state index in [9.17, 15) is 31.5 Å². The molecule has 0 fully saturated rings. The van der Waals surface area contributed by atoms with Crippen molar-refractivity contribution in [1.82, 2.24) is 14.0 Å². The molecule has 0 spiro atoms. The zero-order valence-corrected chi connectivity index (χ0v) is 21.3. The fraction of sp³-hybridized carbons (Fsp3) is 0.429. The first-order valence-electron chi connectivity index (χ1n) is 10.6. The molecule has 1 aromatic heterocycles. The van der Waals surface area contributed by atoms with Crippen LogP contribution >= 0.6 is 11.6 Å². The molecule has 1 heterocycles. The maximum absolute atomic E-state index is 13.0. The van der Waals surface area contributed by atoms with E-state index in [0.717, 1.165) is 0 Å². The summed E-state index contributed by atoms with van der Waals surface area (Å²) in [6, 6.07) is 4.66. The quantitative estimate of drug-likeness (QED) is 0.323. The van der Waals surface area contributed by atoms with E-state index in [2.05, 4.69) is 9.71 Å². The molecule has 1 aromatic carbocycles. The highest BCUT2D eigenvalue weighted by atomic mass is 35.5.